The van der Waals surface area contributed by atoms with E-state index in [1.807, 2.05) is 7.05 Å². The summed E-state index contributed by atoms with van der Waals surface area (Å²) in [5.74, 6) is 1.07. The van der Waals surface area contributed by atoms with Gasteiger partial charge in [0.1, 0.15) is 0 Å². The molecular formula is C15H24IN3. The molecule has 1 aliphatic rings. The molecule has 0 radical (unpaired) electrons. The topological polar surface area (TPSA) is 27.6 Å². The minimum atomic E-state index is 0. The molecule has 1 heterocycles. The molecule has 1 aromatic rings. The zero-order chi connectivity index (χ0) is 12.6. The van der Waals surface area contributed by atoms with E-state index in [1.54, 1.807) is 0 Å². The maximum Gasteiger partial charge on any atom is 0.193 e. The van der Waals surface area contributed by atoms with E-state index in [4.69, 9.17) is 0 Å². The number of hydrogen-bond acceptors (Lipinski definition) is 1. The molecule has 0 spiro atoms. The quantitative estimate of drug-likeness (QED) is 0.380. The number of likely N-dealkylation sites (tertiary alicyclic amines) is 1. The van der Waals surface area contributed by atoms with Gasteiger partial charge in [-0.15, -0.1) is 24.0 Å². The molecule has 3 nitrogen and oxygen atoms in total. The predicted molar refractivity (Wildman–Crippen MR) is 92.3 cm³/mol. The second kappa shape index (κ2) is 9.18. The van der Waals surface area contributed by atoms with Crippen molar-refractivity contribution in [3.8, 4) is 0 Å². The summed E-state index contributed by atoms with van der Waals surface area (Å²) in [5, 5.41) is 3.46. The van der Waals surface area contributed by atoms with E-state index in [-0.39, 0.29) is 24.0 Å². The van der Waals surface area contributed by atoms with Crippen LogP contribution in [0.5, 0.6) is 0 Å². The monoisotopic (exact) mass is 373 g/mol. The molecule has 1 aromatic carbocycles. The van der Waals surface area contributed by atoms with E-state index >= 15 is 0 Å². The Balaban J connectivity index is 0.00000180. The van der Waals surface area contributed by atoms with Crippen LogP contribution >= 0.6 is 24.0 Å². The molecule has 0 atom stereocenters. The third-order valence-corrected chi connectivity index (χ3v) is 3.39. The number of nitrogens with one attached hydrogen (secondary N) is 1. The van der Waals surface area contributed by atoms with Crippen LogP contribution in [0.15, 0.2) is 35.3 Å². The summed E-state index contributed by atoms with van der Waals surface area (Å²) >= 11 is 0. The highest BCUT2D eigenvalue weighted by atomic mass is 127. The fraction of sp³-hybridized carbons (Fsp3) is 0.533. The first-order valence-electron chi connectivity index (χ1n) is 6.89. The van der Waals surface area contributed by atoms with Gasteiger partial charge in [0.25, 0.3) is 0 Å². The first kappa shape index (κ1) is 16.3. The molecule has 0 aromatic heterocycles. The molecule has 0 amide bonds. The molecule has 1 saturated heterocycles. The molecule has 19 heavy (non-hydrogen) atoms. The van der Waals surface area contributed by atoms with Gasteiger partial charge in [0.05, 0.1) is 0 Å². The van der Waals surface area contributed by atoms with E-state index in [0.717, 1.165) is 38.4 Å². The maximum atomic E-state index is 4.35. The zero-order valence-electron chi connectivity index (χ0n) is 11.6. The fourth-order valence-electron chi connectivity index (χ4n) is 2.40. The Bertz CT molecular complexity index is 372. The molecule has 0 bridgehead atoms. The Morgan fingerprint density at radius 2 is 1.89 bits per heavy atom. The van der Waals surface area contributed by atoms with Gasteiger partial charge in [0, 0.05) is 26.7 Å². The van der Waals surface area contributed by atoms with Crippen LogP contribution in [0.3, 0.4) is 0 Å². The summed E-state index contributed by atoms with van der Waals surface area (Å²) < 4.78 is 0. The number of halogens is 1. The lowest BCUT2D eigenvalue weighted by Crippen LogP contribution is -2.40. The summed E-state index contributed by atoms with van der Waals surface area (Å²) in [7, 11) is 1.87. The third-order valence-electron chi connectivity index (χ3n) is 3.39. The number of hydrogen-bond donors (Lipinski definition) is 1. The maximum absolute atomic E-state index is 4.35. The molecule has 4 heteroatoms. The Morgan fingerprint density at radius 3 is 2.53 bits per heavy atom. The molecule has 106 valence electrons. The van der Waals surface area contributed by atoms with Crippen LogP contribution in [-0.4, -0.2) is 37.5 Å². The Hall–Kier alpha value is -0.780. The number of benzene rings is 1. The van der Waals surface area contributed by atoms with E-state index in [1.165, 1.54) is 18.4 Å². The number of guanidine groups is 1. The lowest BCUT2D eigenvalue weighted by Gasteiger charge is -2.20. The van der Waals surface area contributed by atoms with Crippen molar-refractivity contribution in [2.45, 2.75) is 25.7 Å². The first-order chi connectivity index (χ1) is 8.90. The van der Waals surface area contributed by atoms with Gasteiger partial charge < -0.3 is 10.2 Å². The van der Waals surface area contributed by atoms with Crippen LogP contribution in [0, 0.1) is 0 Å². The normalized spacial score (nSPS) is 15.2. The molecule has 0 saturated carbocycles. The molecule has 0 aliphatic carbocycles. The summed E-state index contributed by atoms with van der Waals surface area (Å²) in [6.07, 6.45) is 4.87. The van der Waals surface area contributed by atoms with Crippen molar-refractivity contribution >= 4 is 29.9 Å². The number of aryl methyl sites for hydroxylation is 1. The Morgan fingerprint density at radius 1 is 1.21 bits per heavy atom. The Labute approximate surface area is 133 Å². The number of nitrogens with zero attached hydrogens (tertiary/aromatic N) is 2. The third kappa shape index (κ3) is 5.38. The van der Waals surface area contributed by atoms with Crippen molar-refractivity contribution in [2.24, 2.45) is 4.99 Å². The summed E-state index contributed by atoms with van der Waals surface area (Å²) in [6.45, 7) is 3.30. The number of rotatable bonds is 4. The average Bonchev–Trinajstić information content (AvgIpc) is 2.94. The Kier molecular flexibility index (Phi) is 7.86. The van der Waals surface area contributed by atoms with Crippen molar-refractivity contribution in [3.05, 3.63) is 35.9 Å². The van der Waals surface area contributed by atoms with Crippen molar-refractivity contribution in [1.29, 1.82) is 0 Å². The molecule has 1 fully saturated rings. The molecule has 2 rings (SSSR count). The molecule has 0 unspecified atom stereocenters. The summed E-state index contributed by atoms with van der Waals surface area (Å²) in [6, 6.07) is 10.7. The zero-order valence-corrected chi connectivity index (χ0v) is 14.0. The SMILES string of the molecule is CN=C(NCCCc1ccccc1)N1CCCC1.I. The lowest BCUT2D eigenvalue weighted by atomic mass is 10.1. The van der Waals surface area contributed by atoms with Gasteiger partial charge in [0.2, 0.25) is 0 Å². The first-order valence-corrected chi connectivity index (χ1v) is 6.89. The molecule has 1 N–H and O–H groups in total. The number of aliphatic imine (C=N–C) groups is 1. The highest BCUT2D eigenvalue weighted by Crippen LogP contribution is 2.07. The average molecular weight is 373 g/mol. The largest absolute Gasteiger partial charge is 0.356 e. The highest BCUT2D eigenvalue weighted by molar-refractivity contribution is 14.0. The van der Waals surface area contributed by atoms with E-state index in [9.17, 15) is 0 Å². The standard InChI is InChI=1S/C15H23N3.HI/c1-16-15(18-12-5-6-13-18)17-11-7-10-14-8-3-2-4-9-14;/h2-4,8-9H,5-7,10-13H2,1H3,(H,16,17);1H. The minimum absolute atomic E-state index is 0. The van der Waals surface area contributed by atoms with Gasteiger partial charge >= 0.3 is 0 Å². The van der Waals surface area contributed by atoms with Crippen molar-refractivity contribution < 1.29 is 0 Å². The van der Waals surface area contributed by atoms with Crippen LogP contribution in [0.4, 0.5) is 0 Å². The molecular weight excluding hydrogens is 349 g/mol. The predicted octanol–water partition coefficient (Wildman–Crippen LogP) is 2.91. The van der Waals surface area contributed by atoms with Gasteiger partial charge in [-0.2, -0.15) is 0 Å². The van der Waals surface area contributed by atoms with Crippen molar-refractivity contribution in [2.75, 3.05) is 26.7 Å². The van der Waals surface area contributed by atoms with Gasteiger partial charge in [-0.05, 0) is 31.2 Å². The van der Waals surface area contributed by atoms with Crippen LogP contribution in [0.1, 0.15) is 24.8 Å². The molecule has 1 aliphatic heterocycles. The van der Waals surface area contributed by atoms with Crippen LogP contribution in [0.2, 0.25) is 0 Å². The van der Waals surface area contributed by atoms with Crippen LogP contribution in [0.25, 0.3) is 0 Å². The van der Waals surface area contributed by atoms with Crippen molar-refractivity contribution in [1.82, 2.24) is 10.2 Å². The second-order valence-electron chi connectivity index (χ2n) is 4.76. The van der Waals surface area contributed by atoms with E-state index < -0.39 is 0 Å². The van der Waals surface area contributed by atoms with E-state index in [0.29, 0.717) is 0 Å². The van der Waals surface area contributed by atoms with Gasteiger partial charge in [-0.3, -0.25) is 4.99 Å². The summed E-state index contributed by atoms with van der Waals surface area (Å²) in [4.78, 5) is 6.70. The summed E-state index contributed by atoms with van der Waals surface area (Å²) in [5.41, 5.74) is 1.41. The van der Waals surface area contributed by atoms with Crippen LogP contribution < -0.4 is 5.32 Å². The second-order valence-corrected chi connectivity index (χ2v) is 4.76. The van der Waals surface area contributed by atoms with Gasteiger partial charge in [-0.25, -0.2) is 0 Å². The fourth-order valence-corrected chi connectivity index (χ4v) is 2.40. The highest BCUT2D eigenvalue weighted by Gasteiger charge is 2.14. The van der Waals surface area contributed by atoms with E-state index in [2.05, 4.69) is 45.5 Å². The van der Waals surface area contributed by atoms with Gasteiger partial charge in [-0.1, -0.05) is 30.3 Å². The lowest BCUT2D eigenvalue weighted by molar-refractivity contribution is 0.492. The smallest absolute Gasteiger partial charge is 0.193 e. The van der Waals surface area contributed by atoms with Crippen LogP contribution in [-0.2, 0) is 6.42 Å². The van der Waals surface area contributed by atoms with Crippen molar-refractivity contribution in [3.63, 3.8) is 0 Å². The minimum Gasteiger partial charge on any atom is -0.356 e. The van der Waals surface area contributed by atoms with Gasteiger partial charge in [0.15, 0.2) is 5.96 Å².